The Balaban J connectivity index is 0.000000217. The Morgan fingerprint density at radius 3 is 2.42 bits per heavy atom. The van der Waals surface area contributed by atoms with E-state index in [-0.39, 0.29) is 10.6 Å². The summed E-state index contributed by atoms with van der Waals surface area (Å²) in [5.74, 6) is -1.29. The van der Waals surface area contributed by atoms with Crippen LogP contribution in [0.2, 0.25) is 0 Å². The fourth-order valence-corrected chi connectivity index (χ4v) is 1.46. The first-order chi connectivity index (χ1) is 5.56. The van der Waals surface area contributed by atoms with Crippen LogP contribution in [-0.2, 0) is 4.79 Å². The van der Waals surface area contributed by atoms with Gasteiger partial charge in [0, 0.05) is 13.2 Å². The molecular formula is C6H9Cl2NO2S. The van der Waals surface area contributed by atoms with E-state index in [4.69, 9.17) is 28.3 Å². The largest absolute Gasteiger partial charge is 0.480 e. The molecule has 0 saturated carbocycles. The molecule has 1 N–H and O–H groups in total. The minimum absolute atomic E-state index is 0.157. The van der Waals surface area contributed by atoms with Gasteiger partial charge in [-0.15, -0.1) is 23.2 Å². The molecule has 0 bridgehead atoms. The Bertz CT molecular complexity index is 167. The molecular weight excluding hydrogens is 221 g/mol. The molecule has 70 valence electrons. The smallest absolute Gasteiger partial charge is 0.318 e. The number of nitrogens with zero attached hydrogens (tertiary/aromatic N) is 1. The van der Waals surface area contributed by atoms with E-state index in [1.165, 1.54) is 0 Å². The maximum absolute atomic E-state index is 9.24. The molecule has 0 aromatic heterocycles. The average molecular weight is 230 g/mol. The fourth-order valence-electron chi connectivity index (χ4n) is 0.418. The van der Waals surface area contributed by atoms with Crippen molar-refractivity contribution in [2.24, 2.45) is 0 Å². The van der Waals surface area contributed by atoms with E-state index in [9.17, 15) is 4.79 Å². The number of carboxylic acid groups (broad SMARTS) is 1. The van der Waals surface area contributed by atoms with E-state index in [0.29, 0.717) is 0 Å². The first-order valence-corrected chi connectivity index (χ1v) is 4.86. The highest BCUT2D eigenvalue weighted by atomic mass is 35.5. The molecule has 1 rings (SSSR count). The predicted octanol–water partition coefficient (Wildman–Crippen LogP) is 1.97. The fraction of sp³-hybridized carbons (Fsp3) is 0.500. The van der Waals surface area contributed by atoms with Crippen LogP contribution in [0.5, 0.6) is 0 Å². The Kier molecular flexibility index (Phi) is 6.42. The molecule has 1 heterocycles. The van der Waals surface area contributed by atoms with Gasteiger partial charge < -0.3 is 9.41 Å². The lowest BCUT2D eigenvalue weighted by Crippen LogP contribution is -1.93. The molecule has 1 atom stereocenters. The molecule has 6 heteroatoms. The second kappa shape index (κ2) is 6.46. The molecule has 1 unspecified atom stereocenters. The van der Waals surface area contributed by atoms with Gasteiger partial charge >= 0.3 is 5.97 Å². The Morgan fingerprint density at radius 2 is 2.33 bits per heavy atom. The van der Waals surface area contributed by atoms with Crippen LogP contribution in [0.4, 0.5) is 0 Å². The summed E-state index contributed by atoms with van der Waals surface area (Å²) in [7, 11) is 1.98. The summed E-state index contributed by atoms with van der Waals surface area (Å²) >= 11 is 12.0. The van der Waals surface area contributed by atoms with Gasteiger partial charge in [-0.05, 0) is 18.0 Å². The van der Waals surface area contributed by atoms with Gasteiger partial charge in [-0.2, -0.15) is 0 Å². The standard InChI is InChI=1S/C4H6ClNS.C2H3ClO2/c1-6-3-2-4(5)7-6;3-1-2(4)5/h2-4H,1H3;1H2,(H,4,5). The van der Waals surface area contributed by atoms with Gasteiger partial charge in [-0.1, -0.05) is 0 Å². The molecule has 0 aromatic carbocycles. The molecule has 0 aliphatic carbocycles. The van der Waals surface area contributed by atoms with Crippen LogP contribution in [0.3, 0.4) is 0 Å². The monoisotopic (exact) mass is 229 g/mol. The highest BCUT2D eigenvalue weighted by Gasteiger charge is 2.08. The van der Waals surface area contributed by atoms with Gasteiger partial charge in [0.2, 0.25) is 0 Å². The first-order valence-electron chi connectivity index (χ1n) is 3.06. The van der Waals surface area contributed by atoms with E-state index in [1.54, 1.807) is 11.9 Å². The summed E-state index contributed by atoms with van der Waals surface area (Å²) in [6, 6.07) is 0. The van der Waals surface area contributed by atoms with Crippen molar-refractivity contribution in [1.82, 2.24) is 4.31 Å². The molecule has 12 heavy (non-hydrogen) atoms. The van der Waals surface area contributed by atoms with Crippen molar-refractivity contribution in [3.63, 3.8) is 0 Å². The zero-order chi connectivity index (χ0) is 9.56. The summed E-state index contributed by atoms with van der Waals surface area (Å²) in [6.45, 7) is 0. The summed E-state index contributed by atoms with van der Waals surface area (Å²) in [6.07, 6.45) is 3.91. The Hall–Kier alpha value is -0.0600. The number of halogens is 2. The summed E-state index contributed by atoms with van der Waals surface area (Å²) in [5, 5.41) is 7.59. The van der Waals surface area contributed by atoms with E-state index < -0.39 is 5.97 Å². The number of hydrogen-bond donors (Lipinski definition) is 1. The molecule has 0 aromatic rings. The number of carboxylic acids is 1. The summed E-state index contributed by atoms with van der Waals surface area (Å²) < 4.78 is 2.14. The molecule has 0 amide bonds. The average Bonchev–Trinajstić information content (AvgIpc) is 2.36. The number of aliphatic carboxylic acids is 1. The highest BCUT2D eigenvalue weighted by molar-refractivity contribution is 7.99. The van der Waals surface area contributed by atoms with E-state index >= 15 is 0 Å². The summed E-state index contributed by atoms with van der Waals surface area (Å²) in [5.41, 5.74) is 0. The van der Waals surface area contributed by atoms with Crippen molar-refractivity contribution >= 4 is 41.1 Å². The minimum atomic E-state index is -0.980. The zero-order valence-corrected chi connectivity index (χ0v) is 8.73. The van der Waals surface area contributed by atoms with Crippen LogP contribution in [0.1, 0.15) is 0 Å². The maximum Gasteiger partial charge on any atom is 0.318 e. The number of rotatable bonds is 1. The quantitative estimate of drug-likeness (QED) is 0.552. The molecule has 1 aliphatic rings. The van der Waals surface area contributed by atoms with Gasteiger partial charge in [0.1, 0.15) is 10.6 Å². The third kappa shape index (κ3) is 6.64. The molecule has 1 aliphatic heterocycles. The van der Waals surface area contributed by atoms with Crippen LogP contribution < -0.4 is 0 Å². The molecule has 0 saturated heterocycles. The Labute approximate surface area is 85.5 Å². The van der Waals surface area contributed by atoms with Crippen molar-refractivity contribution in [3.05, 3.63) is 12.3 Å². The van der Waals surface area contributed by atoms with Gasteiger partial charge in [0.05, 0.1) is 0 Å². The van der Waals surface area contributed by atoms with Gasteiger partial charge in [0.15, 0.2) is 0 Å². The van der Waals surface area contributed by atoms with Gasteiger partial charge in [-0.25, -0.2) is 0 Å². The van der Waals surface area contributed by atoms with Crippen LogP contribution in [0.15, 0.2) is 12.3 Å². The third-order valence-electron chi connectivity index (χ3n) is 0.829. The SMILES string of the molecule is CN1C=CC(Cl)S1.O=C(O)CCl. The second-order valence-electron chi connectivity index (χ2n) is 1.87. The van der Waals surface area contributed by atoms with Crippen molar-refractivity contribution < 1.29 is 9.90 Å². The lowest BCUT2D eigenvalue weighted by Gasteiger charge is -2.03. The van der Waals surface area contributed by atoms with Crippen molar-refractivity contribution in [2.75, 3.05) is 12.9 Å². The molecule has 0 spiro atoms. The predicted molar refractivity (Wildman–Crippen MR) is 52.5 cm³/mol. The second-order valence-corrected chi connectivity index (χ2v) is 4.16. The lowest BCUT2D eigenvalue weighted by atomic mass is 10.7. The highest BCUT2D eigenvalue weighted by Crippen LogP contribution is 2.25. The first kappa shape index (κ1) is 11.9. The van der Waals surface area contributed by atoms with E-state index in [0.717, 1.165) is 0 Å². The summed E-state index contributed by atoms with van der Waals surface area (Å²) in [4.78, 5) is 9.24. The third-order valence-corrected chi connectivity index (χ3v) is 2.25. The van der Waals surface area contributed by atoms with Crippen molar-refractivity contribution in [1.29, 1.82) is 0 Å². The molecule has 0 fully saturated rings. The van der Waals surface area contributed by atoms with Crippen molar-refractivity contribution in [2.45, 2.75) is 4.71 Å². The van der Waals surface area contributed by atoms with Crippen LogP contribution in [0.25, 0.3) is 0 Å². The Morgan fingerprint density at radius 1 is 1.83 bits per heavy atom. The maximum atomic E-state index is 9.24. The zero-order valence-electron chi connectivity index (χ0n) is 6.41. The number of hydrogen-bond acceptors (Lipinski definition) is 3. The van der Waals surface area contributed by atoms with Gasteiger partial charge in [0.25, 0.3) is 0 Å². The number of carbonyl (C=O) groups is 1. The minimum Gasteiger partial charge on any atom is -0.480 e. The van der Waals surface area contributed by atoms with E-state index in [1.807, 2.05) is 23.6 Å². The lowest BCUT2D eigenvalue weighted by molar-refractivity contribution is -0.134. The van der Waals surface area contributed by atoms with Crippen LogP contribution in [-0.4, -0.2) is 33.0 Å². The van der Waals surface area contributed by atoms with Crippen LogP contribution >= 0.6 is 35.1 Å². The normalized spacial score (nSPS) is 20.2. The van der Waals surface area contributed by atoms with Crippen LogP contribution in [0, 0.1) is 0 Å². The molecule has 3 nitrogen and oxygen atoms in total. The topological polar surface area (TPSA) is 40.5 Å². The van der Waals surface area contributed by atoms with Crippen molar-refractivity contribution in [3.8, 4) is 0 Å². The molecule has 0 radical (unpaired) electrons. The number of alkyl halides is 2. The van der Waals surface area contributed by atoms with Gasteiger partial charge in [-0.3, -0.25) is 4.79 Å². The van der Waals surface area contributed by atoms with E-state index in [2.05, 4.69) is 0 Å².